The van der Waals surface area contributed by atoms with Crippen LogP contribution >= 0.6 is 0 Å². The molecule has 0 radical (unpaired) electrons. The van der Waals surface area contributed by atoms with E-state index in [1.807, 2.05) is 0 Å². The molecule has 0 unspecified atom stereocenters. The number of ketones is 1. The van der Waals surface area contributed by atoms with E-state index >= 15 is 0 Å². The lowest BCUT2D eigenvalue weighted by molar-refractivity contribution is -0.246. The Balaban J connectivity index is 1.42. The van der Waals surface area contributed by atoms with Crippen LogP contribution in [0.4, 0.5) is 0 Å². The molecule has 3 saturated heterocycles. The summed E-state index contributed by atoms with van der Waals surface area (Å²) in [6, 6.07) is 0. The molecule has 7 heteroatoms. The maximum atomic E-state index is 13.7. The van der Waals surface area contributed by atoms with Crippen molar-refractivity contribution >= 4 is 11.8 Å². The SMILES string of the molecule is C[C@]12CCC(=O)OC1=CC[C@@H]1[C@H]2C(=O)C[C@@]2(C)[C@@H]1CC[C@]21OCO[C@]12COCO2. The van der Waals surface area contributed by atoms with E-state index in [0.29, 0.717) is 37.5 Å². The molecule has 6 aliphatic rings. The first-order valence-electron chi connectivity index (χ1n) is 10.8. The van der Waals surface area contributed by atoms with Crippen molar-refractivity contribution in [2.45, 2.75) is 63.8 Å². The Morgan fingerprint density at radius 1 is 1.07 bits per heavy atom. The fourth-order valence-electron chi connectivity index (χ4n) is 7.88. The second kappa shape index (κ2) is 5.69. The summed E-state index contributed by atoms with van der Waals surface area (Å²) >= 11 is 0. The van der Waals surface area contributed by atoms with Gasteiger partial charge in [0.2, 0.25) is 5.79 Å². The van der Waals surface area contributed by atoms with Gasteiger partial charge in [0.1, 0.15) is 23.8 Å². The number of allylic oxidation sites excluding steroid dienone is 2. The number of Topliss-reactive ketones (excluding diaryl/α,β-unsaturated/α-hetero) is 1. The average molecular weight is 404 g/mol. The Labute approximate surface area is 170 Å². The molecule has 158 valence electrons. The third kappa shape index (κ3) is 2.03. The monoisotopic (exact) mass is 404 g/mol. The number of carbonyl (C=O) groups is 2. The predicted molar refractivity (Wildman–Crippen MR) is 98.0 cm³/mol. The normalized spacial score (nSPS) is 53.6. The van der Waals surface area contributed by atoms with E-state index in [1.165, 1.54) is 0 Å². The fraction of sp³-hybridized carbons (Fsp3) is 0.818. The Bertz CT molecular complexity index is 808. The van der Waals surface area contributed by atoms with Gasteiger partial charge >= 0.3 is 5.97 Å². The molecule has 29 heavy (non-hydrogen) atoms. The molecule has 3 aliphatic carbocycles. The molecule has 7 atom stereocenters. The standard InChI is InChI=1S/C22H28O7/c1-19-7-6-17(24)29-16(19)4-3-13-14-5-8-21(20(14,2)9-15(23)18(13)19)22(28-12-26-21)10-25-11-27-22/h4,13-14,18H,3,5-12H2,1-2H3/t13-,14+,18-,19-,20-,21-,22+/m0/s1. The van der Waals surface area contributed by atoms with Crippen LogP contribution in [0.25, 0.3) is 0 Å². The fourth-order valence-corrected chi connectivity index (χ4v) is 7.88. The maximum Gasteiger partial charge on any atom is 0.310 e. The van der Waals surface area contributed by atoms with Crippen LogP contribution in [0.15, 0.2) is 11.8 Å². The molecular weight excluding hydrogens is 376 g/mol. The minimum Gasteiger partial charge on any atom is -0.431 e. The Morgan fingerprint density at radius 2 is 1.90 bits per heavy atom. The van der Waals surface area contributed by atoms with E-state index in [9.17, 15) is 9.59 Å². The molecule has 0 aromatic heterocycles. The predicted octanol–water partition coefficient (Wildman–Crippen LogP) is 2.68. The summed E-state index contributed by atoms with van der Waals surface area (Å²) in [5, 5.41) is 0. The number of rotatable bonds is 0. The summed E-state index contributed by atoms with van der Waals surface area (Å²) < 4.78 is 29.4. The quantitative estimate of drug-likeness (QED) is 0.574. The smallest absolute Gasteiger partial charge is 0.310 e. The zero-order valence-electron chi connectivity index (χ0n) is 17.0. The number of ether oxygens (including phenoxy) is 5. The van der Waals surface area contributed by atoms with Crippen LogP contribution < -0.4 is 0 Å². The van der Waals surface area contributed by atoms with Gasteiger partial charge < -0.3 is 23.7 Å². The largest absolute Gasteiger partial charge is 0.431 e. The van der Waals surface area contributed by atoms with Gasteiger partial charge in [-0.25, -0.2) is 0 Å². The Morgan fingerprint density at radius 3 is 2.69 bits per heavy atom. The van der Waals surface area contributed by atoms with Crippen LogP contribution in [0.2, 0.25) is 0 Å². The van der Waals surface area contributed by atoms with Crippen molar-refractivity contribution in [3.63, 3.8) is 0 Å². The summed E-state index contributed by atoms with van der Waals surface area (Å²) in [4.78, 5) is 25.6. The van der Waals surface area contributed by atoms with Crippen LogP contribution in [0.5, 0.6) is 0 Å². The molecule has 2 spiro atoms. The van der Waals surface area contributed by atoms with Crippen LogP contribution in [0, 0.1) is 28.6 Å². The van der Waals surface area contributed by atoms with Crippen LogP contribution in [0.1, 0.15) is 52.4 Å². The summed E-state index contributed by atoms with van der Waals surface area (Å²) in [5.74, 6) is 0.299. The molecule has 3 heterocycles. The van der Waals surface area contributed by atoms with Gasteiger partial charge in [-0.1, -0.05) is 13.8 Å². The van der Waals surface area contributed by atoms with Crippen molar-refractivity contribution in [3.8, 4) is 0 Å². The van der Waals surface area contributed by atoms with Gasteiger partial charge in [0.05, 0.1) is 0 Å². The zero-order chi connectivity index (χ0) is 20.1. The molecule has 5 fully saturated rings. The highest BCUT2D eigenvalue weighted by molar-refractivity contribution is 5.86. The highest BCUT2D eigenvalue weighted by Crippen LogP contribution is 2.70. The zero-order valence-corrected chi connectivity index (χ0v) is 17.0. The first-order chi connectivity index (χ1) is 13.9. The summed E-state index contributed by atoms with van der Waals surface area (Å²) in [6.07, 6.45) is 6.09. The summed E-state index contributed by atoms with van der Waals surface area (Å²) in [6.45, 7) is 5.01. The van der Waals surface area contributed by atoms with Crippen molar-refractivity contribution in [2.24, 2.45) is 28.6 Å². The highest BCUT2D eigenvalue weighted by atomic mass is 16.9. The van der Waals surface area contributed by atoms with E-state index in [2.05, 4.69) is 19.9 Å². The highest BCUT2D eigenvalue weighted by Gasteiger charge is 2.76. The first kappa shape index (κ1) is 18.5. The number of hydrogen-bond donors (Lipinski definition) is 0. The van der Waals surface area contributed by atoms with E-state index in [-0.39, 0.29) is 48.0 Å². The van der Waals surface area contributed by atoms with Crippen molar-refractivity contribution in [3.05, 3.63) is 11.8 Å². The van der Waals surface area contributed by atoms with Gasteiger partial charge in [0.15, 0.2) is 13.6 Å². The number of hydrogen-bond acceptors (Lipinski definition) is 7. The molecular formula is C22H28O7. The van der Waals surface area contributed by atoms with Gasteiger partial charge in [-0.15, -0.1) is 0 Å². The van der Waals surface area contributed by atoms with Crippen LogP contribution in [0.3, 0.4) is 0 Å². The second-order valence-electron chi connectivity index (χ2n) is 10.1. The maximum absolute atomic E-state index is 13.7. The topological polar surface area (TPSA) is 80.3 Å². The van der Waals surface area contributed by atoms with E-state index in [4.69, 9.17) is 23.7 Å². The van der Waals surface area contributed by atoms with Crippen molar-refractivity contribution in [2.75, 3.05) is 20.2 Å². The Kier molecular flexibility index (Phi) is 3.63. The molecule has 3 aliphatic heterocycles. The molecule has 0 amide bonds. The molecule has 6 rings (SSSR count). The van der Waals surface area contributed by atoms with Crippen LogP contribution in [-0.4, -0.2) is 43.3 Å². The molecule has 0 N–H and O–H groups in total. The van der Waals surface area contributed by atoms with Crippen LogP contribution in [-0.2, 0) is 33.3 Å². The minimum atomic E-state index is -0.913. The summed E-state index contributed by atoms with van der Waals surface area (Å²) in [7, 11) is 0. The van der Waals surface area contributed by atoms with Gasteiger partial charge in [0.25, 0.3) is 0 Å². The molecule has 0 aromatic carbocycles. The molecule has 0 aromatic rings. The first-order valence-corrected chi connectivity index (χ1v) is 10.8. The van der Waals surface area contributed by atoms with Gasteiger partial charge in [-0.2, -0.15) is 0 Å². The molecule has 7 nitrogen and oxygen atoms in total. The molecule has 0 bridgehead atoms. The lowest BCUT2D eigenvalue weighted by Gasteiger charge is -2.57. The van der Waals surface area contributed by atoms with E-state index < -0.39 is 11.4 Å². The Hall–Kier alpha value is -1.28. The second-order valence-corrected chi connectivity index (χ2v) is 10.1. The molecule has 2 saturated carbocycles. The van der Waals surface area contributed by atoms with Crippen molar-refractivity contribution in [1.82, 2.24) is 0 Å². The number of carbonyl (C=O) groups excluding carboxylic acids is 2. The number of esters is 1. The van der Waals surface area contributed by atoms with E-state index in [1.54, 1.807) is 0 Å². The van der Waals surface area contributed by atoms with Crippen molar-refractivity contribution < 1.29 is 33.3 Å². The minimum absolute atomic E-state index is 0.108. The van der Waals surface area contributed by atoms with E-state index in [0.717, 1.165) is 19.3 Å². The average Bonchev–Trinajstić information content (AvgIpc) is 3.37. The lowest BCUT2D eigenvalue weighted by Crippen LogP contribution is -2.65. The van der Waals surface area contributed by atoms with Gasteiger partial charge in [0, 0.05) is 29.6 Å². The van der Waals surface area contributed by atoms with Gasteiger partial charge in [-0.05, 0) is 43.6 Å². The van der Waals surface area contributed by atoms with Gasteiger partial charge in [-0.3, -0.25) is 9.59 Å². The van der Waals surface area contributed by atoms with Crippen molar-refractivity contribution in [1.29, 1.82) is 0 Å². The third-order valence-electron chi connectivity index (χ3n) is 9.16. The number of fused-ring (bicyclic) bond motifs is 7. The summed E-state index contributed by atoms with van der Waals surface area (Å²) in [5.41, 5.74) is -1.42. The third-order valence-corrected chi connectivity index (χ3v) is 9.16. The lowest BCUT2D eigenvalue weighted by atomic mass is 9.48.